The van der Waals surface area contributed by atoms with Crippen molar-refractivity contribution in [2.45, 2.75) is 30.1 Å². The Kier molecular flexibility index (Phi) is 5.40. The fourth-order valence-corrected chi connectivity index (χ4v) is 3.98. The average Bonchev–Trinajstić information content (AvgIpc) is 3.48. The van der Waals surface area contributed by atoms with Crippen molar-refractivity contribution in [3.8, 4) is 0 Å². The van der Waals surface area contributed by atoms with Crippen molar-refractivity contribution in [3.63, 3.8) is 0 Å². The number of anilines is 2. The summed E-state index contributed by atoms with van der Waals surface area (Å²) in [4.78, 5) is 15.7. The van der Waals surface area contributed by atoms with Gasteiger partial charge in [0.15, 0.2) is 5.82 Å². The SMILES string of the molecule is COC(=O)Nc1ccc(S(=O)(=O)Nc2ccccc2Cc2nc(C3CC3)no2)cc1. The molecule has 1 aliphatic rings. The normalized spacial score (nSPS) is 13.6. The molecular formula is C20H20N4O5S. The first-order valence-electron chi connectivity index (χ1n) is 9.33. The first kappa shape index (κ1) is 19.9. The summed E-state index contributed by atoms with van der Waals surface area (Å²) in [6, 6.07) is 12.8. The van der Waals surface area contributed by atoms with Gasteiger partial charge in [-0.2, -0.15) is 4.98 Å². The Bertz CT molecular complexity index is 1150. The Labute approximate surface area is 173 Å². The van der Waals surface area contributed by atoms with Crippen molar-refractivity contribution in [2.24, 2.45) is 0 Å². The number of para-hydroxylation sites is 1. The van der Waals surface area contributed by atoms with Crippen LogP contribution in [0.25, 0.3) is 0 Å². The van der Waals surface area contributed by atoms with E-state index in [-0.39, 0.29) is 4.90 Å². The molecule has 0 aliphatic heterocycles. The van der Waals surface area contributed by atoms with Crippen LogP contribution >= 0.6 is 0 Å². The summed E-state index contributed by atoms with van der Waals surface area (Å²) in [5.74, 6) is 1.54. The van der Waals surface area contributed by atoms with Crippen molar-refractivity contribution in [3.05, 3.63) is 65.8 Å². The van der Waals surface area contributed by atoms with E-state index in [9.17, 15) is 13.2 Å². The summed E-state index contributed by atoms with van der Waals surface area (Å²) in [7, 11) is -2.59. The highest BCUT2D eigenvalue weighted by Gasteiger charge is 2.29. The molecular weight excluding hydrogens is 408 g/mol. The van der Waals surface area contributed by atoms with Gasteiger partial charge in [0.2, 0.25) is 5.89 Å². The number of rotatable bonds is 7. The lowest BCUT2D eigenvalue weighted by Crippen LogP contribution is -2.15. The topological polar surface area (TPSA) is 123 Å². The molecule has 0 saturated heterocycles. The van der Waals surface area contributed by atoms with Crippen molar-refractivity contribution in [2.75, 3.05) is 17.1 Å². The first-order chi connectivity index (χ1) is 14.4. The van der Waals surface area contributed by atoms with Gasteiger partial charge in [0.25, 0.3) is 10.0 Å². The van der Waals surface area contributed by atoms with Crippen molar-refractivity contribution in [1.82, 2.24) is 10.1 Å². The monoisotopic (exact) mass is 428 g/mol. The third-order valence-corrected chi connectivity index (χ3v) is 6.01. The lowest BCUT2D eigenvalue weighted by Gasteiger charge is -2.12. The molecule has 0 bridgehead atoms. The lowest BCUT2D eigenvalue weighted by molar-refractivity contribution is 0.187. The van der Waals surface area contributed by atoms with Crippen LogP contribution in [-0.2, 0) is 21.2 Å². The molecule has 9 nitrogen and oxygen atoms in total. The van der Waals surface area contributed by atoms with Crippen LogP contribution in [0, 0.1) is 0 Å². The van der Waals surface area contributed by atoms with Crippen LogP contribution in [0.5, 0.6) is 0 Å². The van der Waals surface area contributed by atoms with Gasteiger partial charge in [0, 0.05) is 11.6 Å². The minimum Gasteiger partial charge on any atom is -0.453 e. The molecule has 1 aliphatic carbocycles. The highest BCUT2D eigenvalue weighted by molar-refractivity contribution is 7.92. The standard InChI is InChI=1S/C20H20N4O5S/c1-28-20(25)21-15-8-10-16(11-9-15)30(26,27)24-17-5-3-2-4-14(17)12-18-22-19(23-29-18)13-6-7-13/h2-5,8-11,13,24H,6-7,12H2,1H3,(H,21,25). The number of aromatic nitrogens is 2. The van der Waals surface area contributed by atoms with Gasteiger partial charge in [-0.3, -0.25) is 10.0 Å². The Morgan fingerprint density at radius 1 is 1.17 bits per heavy atom. The maximum Gasteiger partial charge on any atom is 0.411 e. The number of amides is 1. The van der Waals surface area contributed by atoms with Gasteiger partial charge in [-0.05, 0) is 48.7 Å². The predicted octanol–water partition coefficient (Wildman–Crippen LogP) is 3.52. The second-order valence-corrected chi connectivity index (χ2v) is 8.58. The average molecular weight is 428 g/mol. The minimum absolute atomic E-state index is 0.0570. The summed E-state index contributed by atoms with van der Waals surface area (Å²) < 4.78 is 38.1. The third kappa shape index (κ3) is 4.60. The van der Waals surface area contributed by atoms with Gasteiger partial charge in [-0.25, -0.2) is 13.2 Å². The maximum atomic E-state index is 12.8. The van der Waals surface area contributed by atoms with E-state index in [1.54, 1.807) is 12.1 Å². The van der Waals surface area contributed by atoms with Crippen LogP contribution in [0.15, 0.2) is 57.9 Å². The fraction of sp³-hybridized carbons (Fsp3) is 0.250. The number of carbonyl (C=O) groups is 1. The molecule has 156 valence electrons. The van der Waals surface area contributed by atoms with E-state index in [2.05, 4.69) is 24.9 Å². The molecule has 0 radical (unpaired) electrons. The molecule has 10 heteroatoms. The maximum absolute atomic E-state index is 12.8. The van der Waals surface area contributed by atoms with E-state index in [0.29, 0.717) is 35.4 Å². The summed E-state index contributed by atoms with van der Waals surface area (Å²) >= 11 is 0. The molecule has 30 heavy (non-hydrogen) atoms. The molecule has 0 spiro atoms. The third-order valence-electron chi connectivity index (χ3n) is 4.63. The molecule has 1 heterocycles. The van der Waals surface area contributed by atoms with E-state index in [0.717, 1.165) is 18.4 Å². The van der Waals surface area contributed by atoms with Crippen molar-refractivity contribution >= 4 is 27.5 Å². The largest absolute Gasteiger partial charge is 0.453 e. The van der Waals surface area contributed by atoms with Crippen LogP contribution in [0.4, 0.5) is 16.2 Å². The van der Waals surface area contributed by atoms with Gasteiger partial charge < -0.3 is 9.26 Å². The highest BCUT2D eigenvalue weighted by Crippen LogP contribution is 2.38. The van der Waals surface area contributed by atoms with Gasteiger partial charge in [-0.15, -0.1) is 0 Å². The second kappa shape index (κ2) is 8.15. The van der Waals surface area contributed by atoms with Crippen molar-refractivity contribution in [1.29, 1.82) is 0 Å². The van der Waals surface area contributed by atoms with Gasteiger partial charge >= 0.3 is 6.09 Å². The van der Waals surface area contributed by atoms with Crippen LogP contribution in [0.3, 0.4) is 0 Å². The van der Waals surface area contributed by atoms with E-state index in [4.69, 9.17) is 4.52 Å². The molecule has 3 aromatic rings. The zero-order chi connectivity index (χ0) is 21.1. The summed E-state index contributed by atoms with van der Waals surface area (Å²) in [6.07, 6.45) is 1.83. The molecule has 4 rings (SSSR count). The Hall–Kier alpha value is -3.40. The molecule has 1 fully saturated rings. The molecule has 1 aromatic heterocycles. The van der Waals surface area contributed by atoms with E-state index in [1.807, 2.05) is 12.1 Å². The fourth-order valence-electron chi connectivity index (χ4n) is 2.87. The van der Waals surface area contributed by atoms with E-state index < -0.39 is 16.1 Å². The number of sulfonamides is 1. The molecule has 0 unspecified atom stereocenters. The number of hydrogen-bond donors (Lipinski definition) is 2. The van der Waals surface area contributed by atoms with E-state index >= 15 is 0 Å². The van der Waals surface area contributed by atoms with Crippen LogP contribution in [-0.4, -0.2) is 31.8 Å². The minimum atomic E-state index is -3.84. The number of nitrogens with zero attached hydrogens (tertiary/aromatic N) is 2. The van der Waals surface area contributed by atoms with Crippen LogP contribution < -0.4 is 10.0 Å². The Morgan fingerprint density at radius 2 is 1.90 bits per heavy atom. The number of benzene rings is 2. The number of hydrogen-bond acceptors (Lipinski definition) is 7. The van der Waals surface area contributed by atoms with Crippen molar-refractivity contribution < 1.29 is 22.5 Å². The zero-order valence-electron chi connectivity index (χ0n) is 16.2. The Morgan fingerprint density at radius 3 is 2.60 bits per heavy atom. The molecule has 2 N–H and O–H groups in total. The summed E-state index contributed by atoms with van der Waals surface area (Å²) in [6.45, 7) is 0. The quantitative estimate of drug-likeness (QED) is 0.590. The highest BCUT2D eigenvalue weighted by atomic mass is 32.2. The van der Waals surface area contributed by atoms with Crippen LogP contribution in [0.1, 0.15) is 36.0 Å². The number of methoxy groups -OCH3 is 1. The summed E-state index contributed by atoms with van der Waals surface area (Å²) in [5, 5.41) is 6.47. The predicted molar refractivity (Wildman–Crippen MR) is 109 cm³/mol. The number of nitrogens with one attached hydrogen (secondary N) is 2. The van der Waals surface area contributed by atoms with E-state index in [1.165, 1.54) is 31.4 Å². The number of ether oxygens (including phenoxy) is 1. The van der Waals surface area contributed by atoms with Gasteiger partial charge in [0.1, 0.15) is 0 Å². The number of carbonyl (C=O) groups excluding carboxylic acids is 1. The lowest BCUT2D eigenvalue weighted by atomic mass is 10.1. The molecule has 0 atom stereocenters. The first-order valence-corrected chi connectivity index (χ1v) is 10.8. The van der Waals surface area contributed by atoms with Gasteiger partial charge in [-0.1, -0.05) is 23.4 Å². The Balaban J connectivity index is 1.50. The summed E-state index contributed by atoms with van der Waals surface area (Å²) in [5.41, 5.74) is 1.57. The molecule has 2 aromatic carbocycles. The van der Waals surface area contributed by atoms with Gasteiger partial charge in [0.05, 0.1) is 24.1 Å². The zero-order valence-corrected chi connectivity index (χ0v) is 17.0. The second-order valence-electron chi connectivity index (χ2n) is 6.90. The van der Waals surface area contributed by atoms with Crippen LogP contribution in [0.2, 0.25) is 0 Å². The molecule has 1 amide bonds. The smallest absolute Gasteiger partial charge is 0.411 e. The molecule has 1 saturated carbocycles.